The van der Waals surface area contributed by atoms with Gasteiger partial charge < -0.3 is 5.32 Å². The highest BCUT2D eigenvalue weighted by Crippen LogP contribution is 2.19. The molecule has 1 aliphatic heterocycles. The predicted molar refractivity (Wildman–Crippen MR) is 62.9 cm³/mol. The van der Waals surface area contributed by atoms with E-state index in [0.29, 0.717) is 6.04 Å². The Morgan fingerprint density at radius 2 is 2.29 bits per heavy atom. The van der Waals surface area contributed by atoms with Crippen molar-refractivity contribution in [2.24, 2.45) is 4.99 Å². The minimum Gasteiger partial charge on any atom is -0.366 e. The lowest BCUT2D eigenvalue weighted by atomic mass is 10.1. The fourth-order valence-electron chi connectivity index (χ4n) is 1.54. The monoisotopic (exact) mass is 252 g/mol. The van der Waals surface area contributed by atoms with Gasteiger partial charge >= 0.3 is 0 Å². The number of rotatable bonds is 1. The maximum absolute atomic E-state index is 4.46. The van der Waals surface area contributed by atoms with E-state index in [0.717, 1.165) is 22.4 Å². The molecule has 2 rings (SSSR count). The number of nitrogens with zero attached hydrogens (tertiary/aromatic N) is 1. The van der Waals surface area contributed by atoms with Crippen LogP contribution in [0.2, 0.25) is 0 Å². The second-order valence-electron chi connectivity index (χ2n) is 3.72. The zero-order valence-electron chi connectivity index (χ0n) is 8.34. The van der Waals surface area contributed by atoms with Crippen LogP contribution < -0.4 is 5.32 Å². The van der Waals surface area contributed by atoms with E-state index in [1.54, 1.807) is 0 Å². The van der Waals surface area contributed by atoms with Gasteiger partial charge in [0.15, 0.2) is 0 Å². The molecule has 0 saturated carbocycles. The van der Waals surface area contributed by atoms with E-state index in [1.807, 2.05) is 0 Å². The Bertz CT molecular complexity index is 385. The third-order valence-corrected chi connectivity index (χ3v) is 2.97. The highest BCUT2D eigenvalue weighted by atomic mass is 79.9. The summed E-state index contributed by atoms with van der Waals surface area (Å²) < 4.78 is 1.10. The van der Waals surface area contributed by atoms with Crippen LogP contribution in [-0.4, -0.2) is 18.4 Å². The summed E-state index contributed by atoms with van der Waals surface area (Å²) in [6, 6.07) is 6.76. The van der Waals surface area contributed by atoms with E-state index in [1.165, 1.54) is 5.56 Å². The summed E-state index contributed by atoms with van der Waals surface area (Å²) in [7, 11) is 0. The van der Waals surface area contributed by atoms with E-state index in [2.05, 4.69) is 58.3 Å². The van der Waals surface area contributed by atoms with Gasteiger partial charge in [0.2, 0.25) is 0 Å². The molecule has 0 aromatic heterocycles. The Morgan fingerprint density at radius 1 is 1.50 bits per heavy atom. The van der Waals surface area contributed by atoms with Gasteiger partial charge in [-0.1, -0.05) is 27.6 Å². The largest absolute Gasteiger partial charge is 0.366 e. The molecule has 0 fully saturated rings. The summed E-state index contributed by atoms with van der Waals surface area (Å²) in [5, 5.41) is 3.36. The molecule has 0 saturated heterocycles. The summed E-state index contributed by atoms with van der Waals surface area (Å²) in [6.07, 6.45) is 0. The van der Waals surface area contributed by atoms with Crippen molar-refractivity contribution in [3.8, 4) is 0 Å². The first-order chi connectivity index (χ1) is 6.66. The minimum atomic E-state index is 0.456. The number of hydrogen-bond donors (Lipinski definition) is 1. The first kappa shape index (κ1) is 9.71. The molecule has 1 unspecified atom stereocenters. The van der Waals surface area contributed by atoms with Gasteiger partial charge in [0, 0.05) is 16.1 Å². The van der Waals surface area contributed by atoms with Crippen molar-refractivity contribution in [1.29, 1.82) is 0 Å². The molecular weight excluding hydrogens is 240 g/mol. The van der Waals surface area contributed by atoms with Crippen LogP contribution in [0, 0.1) is 6.92 Å². The zero-order valence-corrected chi connectivity index (χ0v) is 9.93. The van der Waals surface area contributed by atoms with Gasteiger partial charge in [-0.2, -0.15) is 0 Å². The van der Waals surface area contributed by atoms with Crippen LogP contribution >= 0.6 is 15.9 Å². The predicted octanol–water partition coefficient (Wildman–Crippen LogP) is 2.50. The molecule has 74 valence electrons. The Kier molecular flexibility index (Phi) is 2.59. The van der Waals surface area contributed by atoms with Crippen LogP contribution in [0.25, 0.3) is 0 Å². The molecular formula is C11H13BrN2. The van der Waals surface area contributed by atoms with E-state index in [4.69, 9.17) is 0 Å². The molecule has 0 aliphatic carbocycles. The smallest absolute Gasteiger partial charge is 0.129 e. The Morgan fingerprint density at radius 3 is 2.93 bits per heavy atom. The van der Waals surface area contributed by atoms with Crippen LogP contribution in [0.1, 0.15) is 18.1 Å². The normalized spacial score (nSPS) is 20.5. The first-order valence-corrected chi connectivity index (χ1v) is 5.53. The summed E-state index contributed by atoms with van der Waals surface area (Å²) in [4.78, 5) is 4.46. The summed E-state index contributed by atoms with van der Waals surface area (Å²) in [6.45, 7) is 5.10. The van der Waals surface area contributed by atoms with Gasteiger partial charge in [-0.15, -0.1) is 0 Å². The molecule has 1 aliphatic rings. The number of aryl methyl sites for hydroxylation is 1. The van der Waals surface area contributed by atoms with E-state index >= 15 is 0 Å². The van der Waals surface area contributed by atoms with Crippen LogP contribution in [0.5, 0.6) is 0 Å². The Hall–Kier alpha value is -0.830. The number of hydrogen-bond acceptors (Lipinski definition) is 2. The van der Waals surface area contributed by atoms with Crippen molar-refractivity contribution in [1.82, 2.24) is 5.32 Å². The second-order valence-corrected chi connectivity index (χ2v) is 4.57. The topological polar surface area (TPSA) is 24.4 Å². The second kappa shape index (κ2) is 3.73. The van der Waals surface area contributed by atoms with Crippen molar-refractivity contribution in [2.45, 2.75) is 19.9 Å². The Balaban J connectivity index is 2.36. The standard InChI is InChI=1S/C11H13BrN2/c1-7-3-4-10(12)9(5-7)11-13-6-8(2)14-11/h3-5,8H,6H2,1-2H3,(H,13,14). The molecule has 1 aromatic carbocycles. The van der Waals surface area contributed by atoms with Gasteiger partial charge in [-0.25, -0.2) is 0 Å². The first-order valence-electron chi connectivity index (χ1n) is 4.74. The van der Waals surface area contributed by atoms with Gasteiger partial charge in [-0.3, -0.25) is 4.99 Å². The maximum atomic E-state index is 4.46. The van der Waals surface area contributed by atoms with Crippen molar-refractivity contribution < 1.29 is 0 Å². The van der Waals surface area contributed by atoms with E-state index in [9.17, 15) is 0 Å². The van der Waals surface area contributed by atoms with Gasteiger partial charge in [0.25, 0.3) is 0 Å². The van der Waals surface area contributed by atoms with Crippen molar-refractivity contribution >= 4 is 21.8 Å². The molecule has 14 heavy (non-hydrogen) atoms. The summed E-state index contributed by atoms with van der Waals surface area (Å²) >= 11 is 3.54. The highest BCUT2D eigenvalue weighted by molar-refractivity contribution is 9.10. The van der Waals surface area contributed by atoms with Crippen LogP contribution in [-0.2, 0) is 0 Å². The number of aliphatic imine (C=N–C) groups is 1. The molecule has 1 N–H and O–H groups in total. The number of benzene rings is 1. The molecule has 1 aromatic rings. The van der Waals surface area contributed by atoms with E-state index in [-0.39, 0.29) is 0 Å². The number of nitrogens with one attached hydrogen (secondary N) is 1. The third-order valence-electron chi connectivity index (χ3n) is 2.28. The van der Waals surface area contributed by atoms with Gasteiger partial charge in [0.05, 0.1) is 6.54 Å². The zero-order chi connectivity index (χ0) is 10.1. The van der Waals surface area contributed by atoms with Crippen molar-refractivity contribution in [3.05, 3.63) is 33.8 Å². The summed E-state index contributed by atoms with van der Waals surface area (Å²) in [5.74, 6) is 1.01. The Labute approximate surface area is 92.6 Å². The molecule has 0 spiro atoms. The maximum Gasteiger partial charge on any atom is 0.129 e. The van der Waals surface area contributed by atoms with Crippen LogP contribution in [0.4, 0.5) is 0 Å². The SMILES string of the molecule is Cc1ccc(Br)c(C2=NCC(C)N2)c1. The lowest BCUT2D eigenvalue weighted by Crippen LogP contribution is -2.27. The fraction of sp³-hybridized carbons (Fsp3) is 0.364. The van der Waals surface area contributed by atoms with Crippen LogP contribution in [0.3, 0.4) is 0 Å². The molecule has 2 nitrogen and oxygen atoms in total. The molecule has 1 atom stereocenters. The van der Waals surface area contributed by atoms with Crippen molar-refractivity contribution in [2.75, 3.05) is 6.54 Å². The average molecular weight is 253 g/mol. The third kappa shape index (κ3) is 1.82. The molecule has 3 heteroatoms. The quantitative estimate of drug-likeness (QED) is 0.817. The number of halogens is 1. The van der Waals surface area contributed by atoms with Gasteiger partial charge in [0.1, 0.15) is 5.84 Å². The molecule has 0 radical (unpaired) electrons. The minimum absolute atomic E-state index is 0.456. The lowest BCUT2D eigenvalue weighted by Gasteiger charge is -2.08. The molecule has 1 heterocycles. The highest BCUT2D eigenvalue weighted by Gasteiger charge is 2.16. The van der Waals surface area contributed by atoms with Crippen molar-refractivity contribution in [3.63, 3.8) is 0 Å². The van der Waals surface area contributed by atoms with Crippen LogP contribution in [0.15, 0.2) is 27.7 Å². The van der Waals surface area contributed by atoms with Gasteiger partial charge in [-0.05, 0) is 26.0 Å². The molecule has 0 bridgehead atoms. The molecule has 0 amide bonds. The lowest BCUT2D eigenvalue weighted by molar-refractivity contribution is 0.726. The number of amidine groups is 1. The summed E-state index contributed by atoms with van der Waals surface area (Å²) in [5.41, 5.74) is 2.42. The van der Waals surface area contributed by atoms with E-state index < -0.39 is 0 Å². The fourth-order valence-corrected chi connectivity index (χ4v) is 1.97. The average Bonchev–Trinajstić information content (AvgIpc) is 2.56.